The number of hydrogen-bond donors (Lipinski definition) is 4. The van der Waals surface area contributed by atoms with Crippen LogP contribution in [-0.4, -0.2) is 52.7 Å². The van der Waals surface area contributed by atoms with Gasteiger partial charge in [0, 0.05) is 12.6 Å². The van der Waals surface area contributed by atoms with Gasteiger partial charge in [-0.05, 0) is 75.0 Å². The number of ether oxygens (including phenoxy) is 1. The van der Waals surface area contributed by atoms with Gasteiger partial charge in [0.25, 0.3) is 0 Å². The molecule has 33 heavy (non-hydrogen) atoms. The molecule has 2 aliphatic rings. The molecule has 0 spiro atoms. The lowest BCUT2D eigenvalue weighted by atomic mass is 9.85. The molecule has 7 nitrogen and oxygen atoms in total. The van der Waals surface area contributed by atoms with Crippen LogP contribution < -0.4 is 10.6 Å². The van der Waals surface area contributed by atoms with Crippen LogP contribution in [0, 0.1) is 5.92 Å². The molecule has 3 rings (SSSR count). The summed E-state index contributed by atoms with van der Waals surface area (Å²) in [6, 6.07) is 2.36. The fraction of sp³-hybridized carbons (Fsp3) is 0.692. The van der Waals surface area contributed by atoms with E-state index in [0.717, 1.165) is 32.1 Å². The number of rotatable bonds is 10. The molecule has 0 aromatic heterocycles. The fourth-order valence-electron chi connectivity index (χ4n) is 5.01. The molecular weight excluding hydrogens is 420 g/mol. The Morgan fingerprint density at radius 1 is 1.12 bits per heavy atom. The molecular formula is C26H40N2O5. The summed E-state index contributed by atoms with van der Waals surface area (Å²) in [5, 5.41) is 27.3. The van der Waals surface area contributed by atoms with Gasteiger partial charge in [-0.25, -0.2) is 0 Å². The van der Waals surface area contributed by atoms with Crippen LogP contribution in [0.4, 0.5) is 0 Å². The summed E-state index contributed by atoms with van der Waals surface area (Å²) < 4.78 is 5.77. The molecule has 0 amide bonds. The van der Waals surface area contributed by atoms with Gasteiger partial charge in [-0.3, -0.25) is 9.59 Å². The number of aromatic hydroxyl groups is 2. The van der Waals surface area contributed by atoms with Crippen LogP contribution in [0.5, 0.6) is 11.5 Å². The van der Waals surface area contributed by atoms with Crippen molar-refractivity contribution in [3.63, 3.8) is 0 Å². The molecule has 1 aromatic carbocycles. The highest BCUT2D eigenvalue weighted by molar-refractivity contribution is 6.06. The van der Waals surface area contributed by atoms with Crippen molar-refractivity contribution in [2.75, 3.05) is 13.1 Å². The predicted octanol–water partition coefficient (Wildman–Crippen LogP) is 4.02. The SMILES string of the molecule is CC(C)C[C@H](NC[C@@]1(C(=O)c2cc(C(C)C)c(O)cc2O)CCCN1)C(=O)OC1CCCC1. The van der Waals surface area contributed by atoms with E-state index >= 15 is 0 Å². The molecule has 1 aromatic rings. The lowest BCUT2D eigenvalue weighted by Gasteiger charge is -2.31. The zero-order chi connectivity index (χ0) is 24.2. The van der Waals surface area contributed by atoms with Crippen LogP contribution in [0.25, 0.3) is 0 Å². The third kappa shape index (κ3) is 6.07. The Balaban J connectivity index is 1.80. The van der Waals surface area contributed by atoms with E-state index in [4.69, 9.17) is 4.74 Å². The second kappa shape index (κ2) is 10.9. The van der Waals surface area contributed by atoms with Crippen LogP contribution in [0.1, 0.15) is 94.5 Å². The van der Waals surface area contributed by atoms with Gasteiger partial charge in [-0.1, -0.05) is 27.7 Å². The first-order valence-electron chi connectivity index (χ1n) is 12.4. The highest BCUT2D eigenvalue weighted by Gasteiger charge is 2.43. The number of ketones is 1. The lowest BCUT2D eigenvalue weighted by molar-refractivity contribution is -0.151. The van der Waals surface area contributed by atoms with Crippen LogP contribution in [0.3, 0.4) is 0 Å². The van der Waals surface area contributed by atoms with Gasteiger partial charge < -0.3 is 25.6 Å². The summed E-state index contributed by atoms with van der Waals surface area (Å²) in [5.41, 5.74) is -0.109. The Labute approximate surface area is 197 Å². The highest BCUT2D eigenvalue weighted by Crippen LogP contribution is 2.35. The smallest absolute Gasteiger partial charge is 0.323 e. The summed E-state index contributed by atoms with van der Waals surface area (Å²) >= 11 is 0. The average molecular weight is 461 g/mol. The Bertz CT molecular complexity index is 839. The molecule has 1 saturated carbocycles. The number of carbonyl (C=O) groups excluding carboxylic acids is 2. The number of carbonyl (C=O) groups is 2. The topological polar surface area (TPSA) is 108 Å². The maximum Gasteiger partial charge on any atom is 0.323 e. The molecule has 1 heterocycles. The van der Waals surface area contributed by atoms with E-state index in [1.807, 2.05) is 13.8 Å². The van der Waals surface area contributed by atoms with Gasteiger partial charge in [0.2, 0.25) is 0 Å². The van der Waals surface area contributed by atoms with E-state index in [1.54, 1.807) is 6.07 Å². The van der Waals surface area contributed by atoms with Crippen LogP contribution in [-0.2, 0) is 9.53 Å². The minimum absolute atomic E-state index is 0.00226. The Hall–Kier alpha value is -2.12. The first-order chi connectivity index (χ1) is 15.6. The summed E-state index contributed by atoms with van der Waals surface area (Å²) in [6.45, 7) is 8.93. The highest BCUT2D eigenvalue weighted by atomic mass is 16.5. The molecule has 0 radical (unpaired) electrons. The van der Waals surface area contributed by atoms with Crippen molar-refractivity contribution in [3.05, 3.63) is 23.3 Å². The number of nitrogens with one attached hydrogen (secondary N) is 2. The van der Waals surface area contributed by atoms with E-state index in [9.17, 15) is 19.8 Å². The van der Waals surface area contributed by atoms with E-state index in [2.05, 4.69) is 24.5 Å². The summed E-state index contributed by atoms with van der Waals surface area (Å²) in [7, 11) is 0. The number of phenolic OH excluding ortho intramolecular Hbond substituents is 2. The summed E-state index contributed by atoms with van der Waals surface area (Å²) in [5.74, 6) is -0.420. The Kier molecular flexibility index (Phi) is 8.40. The summed E-state index contributed by atoms with van der Waals surface area (Å²) in [6.07, 6.45) is 6.07. The van der Waals surface area contributed by atoms with Crippen molar-refractivity contribution in [1.29, 1.82) is 0 Å². The first kappa shape index (κ1) is 25.5. The molecule has 0 unspecified atom stereocenters. The molecule has 2 fully saturated rings. The van der Waals surface area contributed by atoms with Crippen molar-refractivity contribution < 1.29 is 24.5 Å². The minimum Gasteiger partial charge on any atom is -0.508 e. The molecule has 184 valence electrons. The second-order valence-electron chi connectivity index (χ2n) is 10.4. The van der Waals surface area contributed by atoms with Crippen molar-refractivity contribution in [2.24, 2.45) is 5.92 Å². The predicted molar refractivity (Wildman–Crippen MR) is 128 cm³/mol. The summed E-state index contributed by atoms with van der Waals surface area (Å²) in [4.78, 5) is 26.6. The minimum atomic E-state index is -0.925. The van der Waals surface area contributed by atoms with Crippen molar-refractivity contribution in [3.8, 4) is 11.5 Å². The monoisotopic (exact) mass is 460 g/mol. The van der Waals surface area contributed by atoms with Crippen LogP contribution in [0.2, 0.25) is 0 Å². The third-order valence-corrected chi connectivity index (χ3v) is 6.92. The number of phenols is 2. The molecule has 1 saturated heterocycles. The zero-order valence-corrected chi connectivity index (χ0v) is 20.4. The van der Waals surface area contributed by atoms with E-state index in [0.29, 0.717) is 24.9 Å². The number of Topliss-reactive ketones (excluding diaryl/α,β-unsaturated/α-hetero) is 1. The molecule has 0 bridgehead atoms. The molecule has 2 atom stereocenters. The third-order valence-electron chi connectivity index (χ3n) is 6.92. The van der Waals surface area contributed by atoms with E-state index < -0.39 is 11.6 Å². The number of benzene rings is 1. The van der Waals surface area contributed by atoms with E-state index in [1.165, 1.54) is 6.07 Å². The van der Waals surface area contributed by atoms with Gasteiger partial charge in [0.15, 0.2) is 5.78 Å². The molecule has 4 N–H and O–H groups in total. The number of hydrogen-bond acceptors (Lipinski definition) is 7. The van der Waals surface area contributed by atoms with Gasteiger partial charge in [0.1, 0.15) is 23.6 Å². The maximum absolute atomic E-state index is 13.7. The zero-order valence-electron chi connectivity index (χ0n) is 20.4. The fourth-order valence-corrected chi connectivity index (χ4v) is 5.01. The van der Waals surface area contributed by atoms with Crippen molar-refractivity contribution >= 4 is 11.8 Å². The maximum atomic E-state index is 13.7. The second-order valence-corrected chi connectivity index (χ2v) is 10.4. The largest absolute Gasteiger partial charge is 0.508 e. The van der Waals surface area contributed by atoms with Gasteiger partial charge in [-0.15, -0.1) is 0 Å². The van der Waals surface area contributed by atoms with Crippen molar-refractivity contribution in [2.45, 2.75) is 96.2 Å². The Morgan fingerprint density at radius 3 is 2.39 bits per heavy atom. The average Bonchev–Trinajstić information content (AvgIpc) is 3.43. The first-order valence-corrected chi connectivity index (χ1v) is 12.4. The van der Waals surface area contributed by atoms with Crippen molar-refractivity contribution in [1.82, 2.24) is 10.6 Å². The van der Waals surface area contributed by atoms with Gasteiger partial charge >= 0.3 is 5.97 Å². The van der Waals surface area contributed by atoms with Gasteiger partial charge in [-0.2, -0.15) is 0 Å². The molecule has 7 heteroatoms. The van der Waals surface area contributed by atoms with Crippen LogP contribution in [0.15, 0.2) is 12.1 Å². The lowest BCUT2D eigenvalue weighted by Crippen LogP contribution is -2.57. The molecule has 1 aliphatic heterocycles. The van der Waals surface area contributed by atoms with E-state index in [-0.39, 0.29) is 53.3 Å². The Morgan fingerprint density at radius 2 is 1.82 bits per heavy atom. The quantitative estimate of drug-likeness (QED) is 0.309. The van der Waals surface area contributed by atoms with Crippen LogP contribution >= 0.6 is 0 Å². The normalized spacial score (nSPS) is 22.2. The number of esters is 1. The van der Waals surface area contributed by atoms with Gasteiger partial charge in [0.05, 0.1) is 11.1 Å². The molecule has 1 aliphatic carbocycles. The standard InChI is InChI=1S/C26H40N2O5/c1-16(2)12-21(25(32)33-18-8-5-6-9-18)27-15-26(10-7-11-28-26)24(31)20-13-19(17(3)4)22(29)14-23(20)30/h13-14,16-18,21,27-30H,5-12,15H2,1-4H3/t21-,26+/m0/s1.